The standard InChI is InChI=1S/C18H21BrN2O/c1-12-8-10-15(11-9-12)21-18(22)14(3)20-13(2)16-6-4-5-7-17(16)19/h4-11,13-14,20H,1-3H3,(H,21,22)/t13-,14+/m1/s1. The van der Waals surface area contributed by atoms with Crippen LogP contribution in [-0.4, -0.2) is 11.9 Å². The van der Waals surface area contributed by atoms with E-state index in [-0.39, 0.29) is 18.0 Å². The highest BCUT2D eigenvalue weighted by Crippen LogP contribution is 2.23. The van der Waals surface area contributed by atoms with Crippen LogP contribution in [0.5, 0.6) is 0 Å². The zero-order chi connectivity index (χ0) is 16.1. The van der Waals surface area contributed by atoms with Gasteiger partial charge in [-0.1, -0.05) is 51.8 Å². The fraction of sp³-hybridized carbons (Fsp3) is 0.278. The van der Waals surface area contributed by atoms with E-state index in [0.717, 1.165) is 15.7 Å². The maximum atomic E-state index is 12.3. The van der Waals surface area contributed by atoms with Crippen LogP contribution in [-0.2, 0) is 4.79 Å². The van der Waals surface area contributed by atoms with E-state index in [1.54, 1.807) is 0 Å². The first-order valence-electron chi connectivity index (χ1n) is 7.35. The number of carbonyl (C=O) groups is 1. The molecule has 2 aromatic carbocycles. The molecule has 0 bridgehead atoms. The smallest absolute Gasteiger partial charge is 0.241 e. The van der Waals surface area contributed by atoms with E-state index in [0.29, 0.717) is 0 Å². The van der Waals surface area contributed by atoms with Crippen LogP contribution in [0.1, 0.15) is 31.0 Å². The number of hydrogen-bond acceptors (Lipinski definition) is 2. The number of halogens is 1. The third-order valence-electron chi connectivity index (χ3n) is 3.58. The van der Waals surface area contributed by atoms with Crippen molar-refractivity contribution in [3.63, 3.8) is 0 Å². The summed E-state index contributed by atoms with van der Waals surface area (Å²) in [5.41, 5.74) is 3.13. The summed E-state index contributed by atoms with van der Waals surface area (Å²) in [7, 11) is 0. The largest absolute Gasteiger partial charge is 0.325 e. The fourth-order valence-electron chi connectivity index (χ4n) is 2.25. The van der Waals surface area contributed by atoms with Crippen LogP contribution in [0.4, 0.5) is 5.69 Å². The molecule has 22 heavy (non-hydrogen) atoms. The molecule has 0 fully saturated rings. The molecule has 116 valence electrons. The van der Waals surface area contributed by atoms with Gasteiger partial charge in [0.2, 0.25) is 5.91 Å². The monoisotopic (exact) mass is 360 g/mol. The minimum Gasteiger partial charge on any atom is -0.325 e. The lowest BCUT2D eigenvalue weighted by molar-refractivity contribution is -0.117. The number of rotatable bonds is 5. The van der Waals surface area contributed by atoms with E-state index in [2.05, 4.69) is 33.5 Å². The van der Waals surface area contributed by atoms with Gasteiger partial charge in [-0.15, -0.1) is 0 Å². The molecule has 1 amide bonds. The molecule has 0 heterocycles. The number of aryl methyl sites for hydroxylation is 1. The summed E-state index contributed by atoms with van der Waals surface area (Å²) in [4.78, 5) is 12.3. The van der Waals surface area contributed by atoms with Crippen molar-refractivity contribution in [1.29, 1.82) is 0 Å². The van der Waals surface area contributed by atoms with Gasteiger partial charge in [0.15, 0.2) is 0 Å². The van der Waals surface area contributed by atoms with Crippen LogP contribution in [0.2, 0.25) is 0 Å². The molecule has 2 N–H and O–H groups in total. The van der Waals surface area contributed by atoms with Gasteiger partial charge >= 0.3 is 0 Å². The highest BCUT2D eigenvalue weighted by molar-refractivity contribution is 9.10. The normalized spacial score (nSPS) is 13.5. The second kappa shape index (κ2) is 7.56. The number of hydrogen-bond donors (Lipinski definition) is 2. The maximum Gasteiger partial charge on any atom is 0.241 e. The van der Waals surface area contributed by atoms with Gasteiger partial charge in [-0.3, -0.25) is 10.1 Å². The number of benzene rings is 2. The summed E-state index contributed by atoms with van der Waals surface area (Å²) >= 11 is 3.54. The van der Waals surface area contributed by atoms with Crippen LogP contribution in [0.25, 0.3) is 0 Å². The van der Waals surface area contributed by atoms with E-state index in [1.165, 1.54) is 5.56 Å². The van der Waals surface area contributed by atoms with Crippen molar-refractivity contribution in [2.24, 2.45) is 0 Å². The van der Waals surface area contributed by atoms with E-state index in [9.17, 15) is 4.79 Å². The minimum absolute atomic E-state index is 0.0391. The molecule has 0 radical (unpaired) electrons. The van der Waals surface area contributed by atoms with Gasteiger partial charge in [0.05, 0.1) is 6.04 Å². The molecule has 4 heteroatoms. The lowest BCUT2D eigenvalue weighted by Gasteiger charge is -2.21. The Bertz CT molecular complexity index is 640. The van der Waals surface area contributed by atoms with Crippen LogP contribution in [0.3, 0.4) is 0 Å². The molecule has 2 aromatic rings. The Morgan fingerprint density at radius 3 is 2.32 bits per heavy atom. The SMILES string of the molecule is Cc1ccc(NC(=O)[C@H](C)N[C@H](C)c2ccccc2Br)cc1. The van der Waals surface area contributed by atoms with Crippen molar-refractivity contribution in [3.8, 4) is 0 Å². The molecular formula is C18H21BrN2O. The average Bonchev–Trinajstić information content (AvgIpc) is 2.49. The van der Waals surface area contributed by atoms with Crippen molar-refractivity contribution in [2.45, 2.75) is 32.9 Å². The highest BCUT2D eigenvalue weighted by Gasteiger charge is 2.17. The minimum atomic E-state index is -0.289. The molecule has 0 aliphatic rings. The van der Waals surface area contributed by atoms with Gasteiger partial charge in [0, 0.05) is 16.2 Å². The van der Waals surface area contributed by atoms with Gasteiger partial charge in [0.1, 0.15) is 0 Å². The van der Waals surface area contributed by atoms with Crippen LogP contribution in [0.15, 0.2) is 53.0 Å². The molecule has 3 nitrogen and oxygen atoms in total. The third kappa shape index (κ3) is 4.42. The Kier molecular flexibility index (Phi) is 5.75. The summed E-state index contributed by atoms with van der Waals surface area (Å²) < 4.78 is 1.04. The van der Waals surface area contributed by atoms with Crippen molar-refractivity contribution in [1.82, 2.24) is 5.32 Å². The summed E-state index contributed by atoms with van der Waals surface area (Å²) in [5.74, 6) is -0.0391. The Balaban J connectivity index is 1.96. The van der Waals surface area contributed by atoms with Crippen molar-refractivity contribution in [3.05, 3.63) is 64.1 Å². The van der Waals surface area contributed by atoms with Gasteiger partial charge in [-0.25, -0.2) is 0 Å². The second-order valence-electron chi connectivity index (χ2n) is 5.49. The molecule has 2 atom stereocenters. The van der Waals surface area contributed by atoms with Gasteiger partial charge in [0.25, 0.3) is 0 Å². The Morgan fingerprint density at radius 2 is 1.68 bits per heavy atom. The molecule has 0 aliphatic heterocycles. The molecule has 0 saturated heterocycles. The second-order valence-corrected chi connectivity index (χ2v) is 6.34. The summed E-state index contributed by atoms with van der Waals surface area (Å²) in [6.07, 6.45) is 0. The van der Waals surface area contributed by atoms with E-state index >= 15 is 0 Å². The quantitative estimate of drug-likeness (QED) is 0.827. The van der Waals surface area contributed by atoms with Crippen molar-refractivity contribution in [2.75, 3.05) is 5.32 Å². The first-order chi connectivity index (χ1) is 10.5. The van der Waals surface area contributed by atoms with Crippen LogP contribution < -0.4 is 10.6 Å². The molecule has 0 unspecified atom stereocenters. The number of nitrogens with one attached hydrogen (secondary N) is 2. The van der Waals surface area contributed by atoms with E-state index < -0.39 is 0 Å². The first kappa shape index (κ1) is 16.7. The van der Waals surface area contributed by atoms with E-state index in [1.807, 2.05) is 62.4 Å². The molecule has 0 saturated carbocycles. The predicted octanol–water partition coefficient (Wildman–Crippen LogP) is 4.44. The lowest BCUT2D eigenvalue weighted by Crippen LogP contribution is -2.39. The maximum absolute atomic E-state index is 12.3. The summed E-state index contributed by atoms with van der Waals surface area (Å²) in [6.45, 7) is 5.95. The van der Waals surface area contributed by atoms with Gasteiger partial charge in [-0.2, -0.15) is 0 Å². The van der Waals surface area contributed by atoms with Crippen LogP contribution >= 0.6 is 15.9 Å². The van der Waals surface area contributed by atoms with Crippen molar-refractivity contribution < 1.29 is 4.79 Å². The fourth-order valence-corrected chi connectivity index (χ4v) is 2.88. The zero-order valence-electron chi connectivity index (χ0n) is 13.1. The third-order valence-corrected chi connectivity index (χ3v) is 4.31. The zero-order valence-corrected chi connectivity index (χ0v) is 14.6. The lowest BCUT2D eigenvalue weighted by atomic mass is 10.1. The molecule has 0 aromatic heterocycles. The molecule has 0 aliphatic carbocycles. The highest BCUT2D eigenvalue weighted by atomic mass is 79.9. The average molecular weight is 361 g/mol. The Morgan fingerprint density at radius 1 is 1.05 bits per heavy atom. The predicted molar refractivity (Wildman–Crippen MR) is 95.0 cm³/mol. The number of anilines is 1. The van der Waals surface area contributed by atoms with Crippen LogP contribution in [0, 0.1) is 6.92 Å². The summed E-state index contributed by atoms with van der Waals surface area (Å²) in [5, 5.41) is 6.25. The number of carbonyl (C=O) groups excluding carboxylic acids is 1. The van der Waals surface area contributed by atoms with Crippen molar-refractivity contribution >= 4 is 27.5 Å². The topological polar surface area (TPSA) is 41.1 Å². The summed E-state index contributed by atoms with van der Waals surface area (Å²) in [6, 6.07) is 15.6. The first-order valence-corrected chi connectivity index (χ1v) is 8.14. The van der Waals surface area contributed by atoms with Gasteiger partial charge < -0.3 is 5.32 Å². The number of amides is 1. The molecular weight excluding hydrogens is 340 g/mol. The molecule has 0 spiro atoms. The Labute approximate surface area is 140 Å². The Hall–Kier alpha value is -1.65. The molecule has 2 rings (SSSR count). The van der Waals surface area contributed by atoms with Gasteiger partial charge in [-0.05, 0) is 44.5 Å². The van der Waals surface area contributed by atoms with E-state index in [4.69, 9.17) is 0 Å².